The van der Waals surface area contributed by atoms with Crippen molar-refractivity contribution in [3.8, 4) is 0 Å². The summed E-state index contributed by atoms with van der Waals surface area (Å²) in [5, 5.41) is 15.7. The minimum absolute atomic E-state index is 0.375. The molecule has 0 aliphatic rings. The Labute approximate surface area is 122 Å². The van der Waals surface area contributed by atoms with Crippen LogP contribution < -0.4 is 10.6 Å². The fourth-order valence-corrected chi connectivity index (χ4v) is 1.92. The number of amides is 2. The fraction of sp³-hybridized carbons (Fsp3) is 0.133. The van der Waals surface area contributed by atoms with Crippen LogP contribution in [0.15, 0.2) is 48.5 Å². The molecule has 2 amide bonds. The van der Waals surface area contributed by atoms with Crippen molar-refractivity contribution in [2.45, 2.75) is 13.0 Å². The van der Waals surface area contributed by atoms with Crippen molar-refractivity contribution in [2.75, 3.05) is 10.6 Å². The van der Waals surface area contributed by atoms with E-state index >= 15 is 0 Å². The summed E-state index contributed by atoms with van der Waals surface area (Å²) in [4.78, 5) is 11.9. The van der Waals surface area contributed by atoms with E-state index in [0.29, 0.717) is 22.0 Å². The molecular weight excluding hydrogens is 276 g/mol. The summed E-state index contributed by atoms with van der Waals surface area (Å²) in [6.45, 7) is 1.65. The average molecular weight is 291 g/mol. The van der Waals surface area contributed by atoms with E-state index in [1.807, 2.05) is 6.07 Å². The average Bonchev–Trinajstić information content (AvgIpc) is 2.41. The third-order valence-electron chi connectivity index (χ3n) is 2.76. The van der Waals surface area contributed by atoms with E-state index < -0.39 is 6.10 Å². The molecule has 4 nitrogen and oxygen atoms in total. The summed E-state index contributed by atoms with van der Waals surface area (Å²) < 4.78 is 0. The quantitative estimate of drug-likeness (QED) is 0.799. The maximum Gasteiger partial charge on any atom is 0.323 e. The molecule has 2 rings (SSSR count). The van der Waals surface area contributed by atoms with Crippen molar-refractivity contribution in [1.82, 2.24) is 0 Å². The van der Waals surface area contributed by atoms with Crippen molar-refractivity contribution in [2.24, 2.45) is 0 Å². The van der Waals surface area contributed by atoms with Crippen LogP contribution in [0.3, 0.4) is 0 Å². The highest BCUT2D eigenvalue weighted by Crippen LogP contribution is 2.22. The molecule has 1 atom stereocenters. The van der Waals surface area contributed by atoms with E-state index in [0.717, 1.165) is 0 Å². The van der Waals surface area contributed by atoms with Crippen molar-refractivity contribution in [1.29, 1.82) is 0 Å². The zero-order chi connectivity index (χ0) is 14.5. The first-order chi connectivity index (χ1) is 9.56. The first-order valence-electron chi connectivity index (χ1n) is 6.17. The number of para-hydroxylation sites is 1. The molecule has 0 spiro atoms. The van der Waals surface area contributed by atoms with Crippen LogP contribution in [-0.4, -0.2) is 11.1 Å². The van der Waals surface area contributed by atoms with Gasteiger partial charge in [-0.1, -0.05) is 29.8 Å². The van der Waals surface area contributed by atoms with Gasteiger partial charge in [0.05, 0.1) is 6.10 Å². The lowest BCUT2D eigenvalue weighted by molar-refractivity contribution is 0.200. The molecule has 0 fully saturated rings. The maximum absolute atomic E-state index is 11.9. The largest absolute Gasteiger partial charge is 0.389 e. The number of rotatable bonds is 3. The van der Waals surface area contributed by atoms with Crippen molar-refractivity contribution >= 4 is 29.0 Å². The van der Waals surface area contributed by atoms with Crippen LogP contribution in [0, 0.1) is 0 Å². The smallest absolute Gasteiger partial charge is 0.323 e. The molecule has 0 aromatic heterocycles. The number of anilines is 2. The van der Waals surface area contributed by atoms with E-state index in [9.17, 15) is 9.90 Å². The summed E-state index contributed by atoms with van der Waals surface area (Å²) in [5.41, 5.74) is 1.88. The van der Waals surface area contributed by atoms with Crippen LogP contribution in [0.25, 0.3) is 0 Å². The SMILES string of the molecule is CC(O)c1ccccc1NC(=O)Nc1ccc(Cl)cc1. The molecule has 0 aliphatic carbocycles. The topological polar surface area (TPSA) is 61.4 Å². The van der Waals surface area contributed by atoms with Crippen LogP contribution >= 0.6 is 11.6 Å². The standard InChI is InChI=1S/C15H15ClN2O2/c1-10(19)13-4-2-3-5-14(13)18-15(20)17-12-8-6-11(16)7-9-12/h2-10,19H,1H3,(H2,17,18,20). The predicted molar refractivity (Wildman–Crippen MR) is 81.2 cm³/mol. The lowest BCUT2D eigenvalue weighted by Gasteiger charge is -2.13. The second-order valence-corrected chi connectivity index (χ2v) is 4.79. The number of benzene rings is 2. The molecule has 0 aliphatic heterocycles. The normalized spacial score (nSPS) is 11.8. The third kappa shape index (κ3) is 3.73. The molecule has 2 aromatic rings. The van der Waals surface area contributed by atoms with Gasteiger partial charge in [0.1, 0.15) is 0 Å². The molecular formula is C15H15ClN2O2. The second kappa shape index (κ2) is 6.41. The predicted octanol–water partition coefficient (Wildman–Crippen LogP) is 4.04. The van der Waals surface area contributed by atoms with Gasteiger partial charge < -0.3 is 15.7 Å². The minimum Gasteiger partial charge on any atom is -0.389 e. The summed E-state index contributed by atoms with van der Waals surface area (Å²) in [7, 11) is 0. The number of hydrogen-bond acceptors (Lipinski definition) is 2. The lowest BCUT2D eigenvalue weighted by Crippen LogP contribution is -2.20. The van der Waals surface area contributed by atoms with Gasteiger partial charge in [-0.25, -0.2) is 4.79 Å². The Morgan fingerprint density at radius 3 is 2.40 bits per heavy atom. The van der Waals surface area contributed by atoms with Gasteiger partial charge in [-0.15, -0.1) is 0 Å². The first-order valence-corrected chi connectivity index (χ1v) is 6.54. The molecule has 0 bridgehead atoms. The summed E-state index contributed by atoms with van der Waals surface area (Å²) in [6, 6.07) is 13.5. The van der Waals surface area contributed by atoms with Gasteiger partial charge >= 0.3 is 6.03 Å². The Bertz CT molecular complexity index is 597. The maximum atomic E-state index is 11.9. The third-order valence-corrected chi connectivity index (χ3v) is 3.01. The molecule has 0 radical (unpaired) electrons. The number of nitrogens with one attached hydrogen (secondary N) is 2. The Morgan fingerprint density at radius 2 is 1.75 bits per heavy atom. The monoisotopic (exact) mass is 290 g/mol. The van der Waals surface area contributed by atoms with Crippen LogP contribution in [0.5, 0.6) is 0 Å². The lowest BCUT2D eigenvalue weighted by atomic mass is 10.1. The molecule has 2 aromatic carbocycles. The second-order valence-electron chi connectivity index (χ2n) is 4.35. The molecule has 0 saturated heterocycles. The Kier molecular flexibility index (Phi) is 4.61. The van der Waals surface area contributed by atoms with Gasteiger partial charge in [0.2, 0.25) is 0 Å². The van der Waals surface area contributed by atoms with E-state index in [2.05, 4.69) is 10.6 Å². The number of carbonyl (C=O) groups is 1. The molecule has 0 heterocycles. The summed E-state index contributed by atoms with van der Waals surface area (Å²) in [5.74, 6) is 0. The van der Waals surface area contributed by atoms with E-state index in [1.54, 1.807) is 49.4 Å². The molecule has 104 valence electrons. The van der Waals surface area contributed by atoms with Gasteiger partial charge in [0, 0.05) is 22.0 Å². The number of halogens is 1. The molecule has 20 heavy (non-hydrogen) atoms. The van der Waals surface area contributed by atoms with E-state index in [4.69, 9.17) is 11.6 Å². The highest BCUT2D eigenvalue weighted by atomic mass is 35.5. The highest BCUT2D eigenvalue weighted by Gasteiger charge is 2.09. The Balaban J connectivity index is 2.07. The highest BCUT2D eigenvalue weighted by molar-refractivity contribution is 6.30. The van der Waals surface area contributed by atoms with Crippen LogP contribution in [-0.2, 0) is 0 Å². The number of aliphatic hydroxyl groups excluding tert-OH is 1. The molecule has 1 unspecified atom stereocenters. The zero-order valence-electron chi connectivity index (χ0n) is 10.9. The minimum atomic E-state index is -0.651. The van der Waals surface area contributed by atoms with Gasteiger partial charge in [-0.05, 0) is 37.3 Å². The first kappa shape index (κ1) is 14.4. The van der Waals surface area contributed by atoms with E-state index in [1.165, 1.54) is 0 Å². The number of hydrogen-bond donors (Lipinski definition) is 3. The number of aliphatic hydroxyl groups is 1. The van der Waals surface area contributed by atoms with Crippen molar-refractivity contribution in [3.63, 3.8) is 0 Å². The molecule has 5 heteroatoms. The van der Waals surface area contributed by atoms with Crippen molar-refractivity contribution in [3.05, 3.63) is 59.1 Å². The van der Waals surface area contributed by atoms with Crippen LogP contribution in [0.1, 0.15) is 18.6 Å². The Morgan fingerprint density at radius 1 is 1.10 bits per heavy atom. The number of urea groups is 1. The van der Waals surface area contributed by atoms with Gasteiger partial charge in [-0.2, -0.15) is 0 Å². The molecule has 3 N–H and O–H groups in total. The zero-order valence-corrected chi connectivity index (χ0v) is 11.7. The summed E-state index contributed by atoms with van der Waals surface area (Å²) in [6.07, 6.45) is -0.651. The number of carbonyl (C=O) groups excluding carboxylic acids is 1. The van der Waals surface area contributed by atoms with Crippen molar-refractivity contribution < 1.29 is 9.90 Å². The van der Waals surface area contributed by atoms with Crippen LogP contribution in [0.4, 0.5) is 16.2 Å². The van der Waals surface area contributed by atoms with Gasteiger partial charge in [0.15, 0.2) is 0 Å². The van der Waals surface area contributed by atoms with Gasteiger partial charge in [-0.3, -0.25) is 0 Å². The fourth-order valence-electron chi connectivity index (χ4n) is 1.79. The Hall–Kier alpha value is -2.04. The molecule has 0 saturated carbocycles. The van der Waals surface area contributed by atoms with Gasteiger partial charge in [0.25, 0.3) is 0 Å². The van der Waals surface area contributed by atoms with E-state index in [-0.39, 0.29) is 6.03 Å². The summed E-state index contributed by atoms with van der Waals surface area (Å²) >= 11 is 5.78. The van der Waals surface area contributed by atoms with Crippen LogP contribution in [0.2, 0.25) is 5.02 Å².